The van der Waals surface area contributed by atoms with Crippen LogP contribution in [0.5, 0.6) is 0 Å². The lowest BCUT2D eigenvalue weighted by molar-refractivity contribution is -0.385. The molecule has 0 saturated carbocycles. The zero-order chi connectivity index (χ0) is 11.4. The van der Waals surface area contributed by atoms with Gasteiger partial charge in [0, 0.05) is 5.56 Å². The van der Waals surface area contributed by atoms with Gasteiger partial charge in [-0.15, -0.1) is 0 Å². The Hall–Kier alpha value is -1.84. The molecule has 0 radical (unpaired) electrons. The van der Waals surface area contributed by atoms with Crippen molar-refractivity contribution in [1.82, 2.24) is 0 Å². The lowest BCUT2D eigenvalue weighted by Gasteiger charge is -2.05. The van der Waals surface area contributed by atoms with Crippen LogP contribution in [0.4, 0.5) is 5.69 Å². The van der Waals surface area contributed by atoms with Gasteiger partial charge in [0.2, 0.25) is 0 Å². The van der Waals surface area contributed by atoms with Gasteiger partial charge in [0.15, 0.2) is 0 Å². The van der Waals surface area contributed by atoms with Crippen molar-refractivity contribution >= 4 is 11.3 Å². The molecular weight excluding hydrogens is 194 g/mol. The van der Waals surface area contributed by atoms with Crippen molar-refractivity contribution in [3.8, 4) is 0 Å². The van der Waals surface area contributed by atoms with Gasteiger partial charge in [-0.2, -0.15) is 0 Å². The summed E-state index contributed by atoms with van der Waals surface area (Å²) in [6.45, 7) is 3.51. The molecular formula is C11H13NO3. The highest BCUT2D eigenvalue weighted by Gasteiger charge is 2.17. The Morgan fingerprint density at radius 2 is 2.20 bits per heavy atom. The van der Waals surface area contributed by atoms with Gasteiger partial charge in [0.05, 0.1) is 23.9 Å². The summed E-state index contributed by atoms with van der Waals surface area (Å²) in [6.07, 6.45) is 1.50. The topological polar surface area (TPSA) is 52.4 Å². The number of para-hydroxylation sites is 1. The number of hydrogen-bond donors (Lipinski definition) is 0. The molecule has 0 spiro atoms. The van der Waals surface area contributed by atoms with Crippen molar-refractivity contribution in [3.05, 3.63) is 45.7 Å². The van der Waals surface area contributed by atoms with E-state index in [2.05, 4.69) is 0 Å². The molecule has 0 atom stereocenters. The van der Waals surface area contributed by atoms with Gasteiger partial charge < -0.3 is 4.74 Å². The van der Waals surface area contributed by atoms with E-state index < -0.39 is 0 Å². The smallest absolute Gasteiger partial charge is 0.279 e. The molecule has 1 aromatic rings. The van der Waals surface area contributed by atoms with Crippen LogP contribution < -0.4 is 0 Å². The number of nitro groups is 1. The zero-order valence-electron chi connectivity index (χ0n) is 8.98. The third-order valence-corrected chi connectivity index (χ3v) is 2.14. The van der Waals surface area contributed by atoms with Crippen molar-refractivity contribution < 1.29 is 9.66 Å². The first kappa shape index (κ1) is 11.2. The number of allylic oxidation sites excluding steroid dienone is 1. The van der Waals surface area contributed by atoms with E-state index in [1.165, 1.54) is 13.4 Å². The van der Waals surface area contributed by atoms with Crippen molar-refractivity contribution in [2.75, 3.05) is 7.11 Å². The lowest BCUT2D eigenvalue weighted by Crippen LogP contribution is -1.96. The Morgan fingerprint density at radius 1 is 1.53 bits per heavy atom. The van der Waals surface area contributed by atoms with E-state index >= 15 is 0 Å². The van der Waals surface area contributed by atoms with Crippen LogP contribution in [0.1, 0.15) is 18.1 Å². The fourth-order valence-corrected chi connectivity index (χ4v) is 1.46. The van der Waals surface area contributed by atoms with E-state index in [-0.39, 0.29) is 10.6 Å². The summed E-state index contributed by atoms with van der Waals surface area (Å²) in [5.41, 5.74) is 2.14. The first-order chi connectivity index (χ1) is 7.07. The molecule has 0 N–H and O–H groups in total. The summed E-state index contributed by atoms with van der Waals surface area (Å²) < 4.78 is 4.85. The summed E-state index contributed by atoms with van der Waals surface area (Å²) in [4.78, 5) is 10.5. The third-order valence-electron chi connectivity index (χ3n) is 2.14. The monoisotopic (exact) mass is 207 g/mol. The van der Waals surface area contributed by atoms with Crippen LogP contribution >= 0.6 is 0 Å². The van der Waals surface area contributed by atoms with Gasteiger partial charge in [-0.25, -0.2) is 0 Å². The summed E-state index contributed by atoms with van der Waals surface area (Å²) in [5, 5.41) is 10.9. The number of ether oxygens (including phenoxy) is 1. The second-order valence-corrected chi connectivity index (χ2v) is 3.26. The molecule has 0 aliphatic carbocycles. The van der Waals surface area contributed by atoms with Crippen LogP contribution in [0.3, 0.4) is 0 Å². The second kappa shape index (κ2) is 4.59. The fraction of sp³-hybridized carbons (Fsp3) is 0.273. The maximum atomic E-state index is 10.9. The Balaban J connectivity index is 3.35. The minimum Gasteiger partial charge on any atom is -0.504 e. The SMILES string of the molecule is CO/C=C(/C)c1cccc(C)c1[N+](=O)[O-]. The molecule has 0 saturated heterocycles. The van der Waals surface area contributed by atoms with E-state index in [0.717, 1.165) is 5.57 Å². The molecule has 4 nitrogen and oxygen atoms in total. The number of benzene rings is 1. The summed E-state index contributed by atoms with van der Waals surface area (Å²) in [6, 6.07) is 5.24. The minimum atomic E-state index is -0.363. The van der Waals surface area contributed by atoms with Gasteiger partial charge in [0.1, 0.15) is 0 Å². The molecule has 0 aromatic heterocycles. The van der Waals surface area contributed by atoms with E-state index in [1.54, 1.807) is 32.0 Å². The summed E-state index contributed by atoms with van der Waals surface area (Å²) in [5.74, 6) is 0. The predicted octanol–water partition coefficient (Wildman–Crippen LogP) is 2.91. The van der Waals surface area contributed by atoms with Gasteiger partial charge in [-0.1, -0.05) is 12.1 Å². The molecule has 0 aliphatic heterocycles. The molecule has 0 unspecified atom stereocenters. The van der Waals surface area contributed by atoms with Gasteiger partial charge in [0.25, 0.3) is 5.69 Å². The Kier molecular flexibility index (Phi) is 3.44. The number of rotatable bonds is 3. The molecule has 0 aliphatic rings. The van der Waals surface area contributed by atoms with Crippen LogP contribution in [0.2, 0.25) is 0 Å². The quantitative estimate of drug-likeness (QED) is 0.435. The number of nitrogens with zero attached hydrogens (tertiary/aromatic N) is 1. The molecule has 80 valence electrons. The van der Waals surface area contributed by atoms with Crippen LogP contribution in [0.15, 0.2) is 24.5 Å². The van der Waals surface area contributed by atoms with Crippen LogP contribution in [0.25, 0.3) is 5.57 Å². The normalized spacial score (nSPS) is 11.3. The maximum Gasteiger partial charge on any atom is 0.279 e. The van der Waals surface area contributed by atoms with Crippen LogP contribution in [0, 0.1) is 17.0 Å². The average molecular weight is 207 g/mol. The van der Waals surface area contributed by atoms with Crippen molar-refractivity contribution in [2.45, 2.75) is 13.8 Å². The molecule has 4 heteroatoms. The van der Waals surface area contributed by atoms with E-state index in [0.29, 0.717) is 11.1 Å². The second-order valence-electron chi connectivity index (χ2n) is 3.26. The molecule has 1 rings (SSSR count). The lowest BCUT2D eigenvalue weighted by atomic mass is 10.0. The summed E-state index contributed by atoms with van der Waals surface area (Å²) >= 11 is 0. The Morgan fingerprint density at radius 3 is 2.73 bits per heavy atom. The van der Waals surface area contributed by atoms with E-state index in [9.17, 15) is 10.1 Å². The predicted molar refractivity (Wildman–Crippen MR) is 58.5 cm³/mol. The van der Waals surface area contributed by atoms with Gasteiger partial charge in [-0.05, 0) is 25.5 Å². The van der Waals surface area contributed by atoms with E-state index in [4.69, 9.17) is 4.74 Å². The summed E-state index contributed by atoms with van der Waals surface area (Å²) in [7, 11) is 1.52. The molecule has 15 heavy (non-hydrogen) atoms. The maximum absolute atomic E-state index is 10.9. The molecule has 0 fully saturated rings. The molecule has 1 aromatic carbocycles. The number of aryl methyl sites for hydroxylation is 1. The van der Waals surface area contributed by atoms with Crippen molar-refractivity contribution in [3.63, 3.8) is 0 Å². The largest absolute Gasteiger partial charge is 0.504 e. The highest BCUT2D eigenvalue weighted by molar-refractivity contribution is 5.72. The molecule has 0 amide bonds. The van der Waals surface area contributed by atoms with Crippen molar-refractivity contribution in [1.29, 1.82) is 0 Å². The zero-order valence-corrected chi connectivity index (χ0v) is 8.98. The number of methoxy groups -OCH3 is 1. The molecule has 0 heterocycles. The number of hydrogen-bond acceptors (Lipinski definition) is 3. The van der Waals surface area contributed by atoms with E-state index in [1.807, 2.05) is 0 Å². The van der Waals surface area contributed by atoms with Crippen LogP contribution in [-0.4, -0.2) is 12.0 Å². The Labute approximate surface area is 88.3 Å². The first-order valence-electron chi connectivity index (χ1n) is 4.52. The molecule has 0 bridgehead atoms. The minimum absolute atomic E-state index is 0.142. The standard InChI is InChI=1S/C11H13NO3/c1-8-5-4-6-10(9(2)7-15-3)11(8)12(13)14/h4-7H,1-3H3/b9-7-. The Bertz CT molecular complexity index is 410. The highest BCUT2D eigenvalue weighted by atomic mass is 16.6. The van der Waals surface area contributed by atoms with Crippen molar-refractivity contribution in [2.24, 2.45) is 0 Å². The first-order valence-corrected chi connectivity index (χ1v) is 4.52. The van der Waals surface area contributed by atoms with Gasteiger partial charge >= 0.3 is 0 Å². The van der Waals surface area contributed by atoms with Gasteiger partial charge in [-0.3, -0.25) is 10.1 Å². The fourth-order valence-electron chi connectivity index (χ4n) is 1.46. The average Bonchev–Trinajstić information content (AvgIpc) is 2.17. The highest BCUT2D eigenvalue weighted by Crippen LogP contribution is 2.28. The van der Waals surface area contributed by atoms with Crippen LogP contribution in [-0.2, 0) is 4.74 Å². The number of nitro benzene ring substituents is 1. The third kappa shape index (κ3) is 2.34.